The minimum atomic E-state index is -0.204. The first-order valence-corrected chi connectivity index (χ1v) is 6.42. The third-order valence-corrected chi connectivity index (χ3v) is 3.60. The zero-order valence-electron chi connectivity index (χ0n) is 12.1. The zero-order valence-corrected chi connectivity index (χ0v) is 12.1. The van der Waals surface area contributed by atoms with Crippen molar-refractivity contribution in [3.63, 3.8) is 0 Å². The second kappa shape index (κ2) is 5.81. The first kappa shape index (κ1) is 15.1. The molecule has 3 heteroatoms. The second-order valence-corrected chi connectivity index (χ2v) is 6.13. The molecule has 1 aromatic rings. The van der Waals surface area contributed by atoms with Crippen LogP contribution in [0.4, 0.5) is 4.39 Å². The summed E-state index contributed by atoms with van der Waals surface area (Å²) >= 11 is 0. The molecule has 0 radical (unpaired) electrons. The van der Waals surface area contributed by atoms with Crippen LogP contribution in [-0.4, -0.2) is 18.0 Å². The molecule has 1 rings (SSSR count). The lowest BCUT2D eigenvalue weighted by molar-refractivity contribution is 0.134. The van der Waals surface area contributed by atoms with Gasteiger partial charge in [0.25, 0.3) is 0 Å². The fraction of sp³-hybridized carbons (Fsp3) is 0.600. The van der Waals surface area contributed by atoms with Crippen molar-refractivity contribution in [1.29, 1.82) is 0 Å². The van der Waals surface area contributed by atoms with Gasteiger partial charge in [-0.05, 0) is 42.6 Å². The Morgan fingerprint density at radius 1 is 1.22 bits per heavy atom. The van der Waals surface area contributed by atoms with Gasteiger partial charge >= 0.3 is 0 Å². The number of halogens is 1. The Morgan fingerprint density at radius 2 is 1.78 bits per heavy atom. The molecule has 0 saturated carbocycles. The second-order valence-electron chi connectivity index (χ2n) is 6.13. The lowest BCUT2D eigenvalue weighted by Crippen LogP contribution is -2.38. The minimum absolute atomic E-state index is 0.204. The van der Waals surface area contributed by atoms with Crippen molar-refractivity contribution in [2.75, 3.05) is 7.05 Å². The summed E-state index contributed by atoms with van der Waals surface area (Å²) in [7, 11) is 2.07. The van der Waals surface area contributed by atoms with Crippen LogP contribution in [0.3, 0.4) is 0 Å². The van der Waals surface area contributed by atoms with E-state index in [2.05, 4.69) is 39.6 Å². The molecule has 18 heavy (non-hydrogen) atoms. The normalized spacial score (nSPS) is 14.0. The van der Waals surface area contributed by atoms with Gasteiger partial charge in [0.05, 0.1) is 0 Å². The average Bonchev–Trinajstić information content (AvgIpc) is 2.25. The van der Waals surface area contributed by atoms with Crippen molar-refractivity contribution >= 4 is 0 Å². The first-order chi connectivity index (χ1) is 8.24. The predicted octanol–water partition coefficient (Wildman–Crippen LogP) is 3.15. The molecule has 0 heterocycles. The number of nitrogens with zero attached hydrogens (tertiary/aromatic N) is 1. The standard InChI is InChI=1S/C15H25FN2/c1-11(15(2,3)4)18(5)10-13-6-12(9-17)7-14(16)8-13/h6-8,11H,9-10,17H2,1-5H3. The predicted molar refractivity (Wildman–Crippen MR) is 74.7 cm³/mol. The molecule has 0 aliphatic carbocycles. The Bertz CT molecular complexity index is 396. The van der Waals surface area contributed by atoms with Crippen molar-refractivity contribution in [2.24, 2.45) is 11.1 Å². The molecule has 0 aromatic heterocycles. The van der Waals surface area contributed by atoms with E-state index in [0.717, 1.165) is 17.7 Å². The number of hydrogen-bond acceptors (Lipinski definition) is 2. The van der Waals surface area contributed by atoms with Gasteiger partial charge in [-0.3, -0.25) is 4.90 Å². The summed E-state index contributed by atoms with van der Waals surface area (Å²) in [4.78, 5) is 2.25. The Morgan fingerprint density at radius 3 is 2.28 bits per heavy atom. The molecule has 1 atom stereocenters. The van der Waals surface area contributed by atoms with Crippen LogP contribution in [0.15, 0.2) is 18.2 Å². The quantitative estimate of drug-likeness (QED) is 0.892. The molecule has 1 unspecified atom stereocenters. The van der Waals surface area contributed by atoms with E-state index in [4.69, 9.17) is 5.73 Å². The van der Waals surface area contributed by atoms with Crippen LogP contribution < -0.4 is 5.73 Å². The van der Waals surface area contributed by atoms with Crippen LogP contribution in [0.2, 0.25) is 0 Å². The fourth-order valence-corrected chi connectivity index (χ4v) is 2.01. The van der Waals surface area contributed by atoms with E-state index in [1.54, 1.807) is 6.07 Å². The Labute approximate surface area is 110 Å². The van der Waals surface area contributed by atoms with Crippen molar-refractivity contribution in [3.05, 3.63) is 35.1 Å². The molecule has 0 amide bonds. The molecule has 0 saturated heterocycles. The highest BCUT2D eigenvalue weighted by Crippen LogP contribution is 2.24. The van der Waals surface area contributed by atoms with E-state index in [0.29, 0.717) is 12.6 Å². The van der Waals surface area contributed by atoms with Crippen molar-refractivity contribution in [2.45, 2.75) is 46.8 Å². The molecule has 2 N–H and O–H groups in total. The van der Waals surface area contributed by atoms with Crippen LogP contribution in [0.5, 0.6) is 0 Å². The van der Waals surface area contributed by atoms with Gasteiger partial charge in [0.2, 0.25) is 0 Å². The van der Waals surface area contributed by atoms with Crippen molar-refractivity contribution in [1.82, 2.24) is 4.90 Å². The smallest absolute Gasteiger partial charge is 0.123 e. The number of benzene rings is 1. The highest BCUT2D eigenvalue weighted by Gasteiger charge is 2.23. The van der Waals surface area contributed by atoms with Gasteiger partial charge in [-0.2, -0.15) is 0 Å². The van der Waals surface area contributed by atoms with E-state index >= 15 is 0 Å². The third kappa shape index (κ3) is 4.07. The molecule has 0 bridgehead atoms. The lowest BCUT2D eigenvalue weighted by atomic mass is 9.87. The summed E-state index contributed by atoms with van der Waals surface area (Å²) in [6, 6.07) is 5.48. The van der Waals surface area contributed by atoms with E-state index in [1.807, 2.05) is 6.07 Å². The number of nitrogens with two attached hydrogens (primary N) is 1. The summed E-state index contributed by atoms with van der Waals surface area (Å²) in [6.07, 6.45) is 0. The summed E-state index contributed by atoms with van der Waals surface area (Å²) < 4.78 is 13.4. The lowest BCUT2D eigenvalue weighted by Gasteiger charge is -2.35. The first-order valence-electron chi connectivity index (χ1n) is 6.42. The van der Waals surface area contributed by atoms with Gasteiger partial charge < -0.3 is 5.73 Å². The van der Waals surface area contributed by atoms with E-state index in [1.165, 1.54) is 6.07 Å². The molecule has 1 aromatic carbocycles. The van der Waals surface area contributed by atoms with Gasteiger partial charge in [0.15, 0.2) is 0 Å². The van der Waals surface area contributed by atoms with Crippen molar-refractivity contribution < 1.29 is 4.39 Å². The van der Waals surface area contributed by atoms with Crippen LogP contribution in [0.1, 0.15) is 38.8 Å². The molecule has 0 spiro atoms. The van der Waals surface area contributed by atoms with Gasteiger partial charge in [-0.1, -0.05) is 26.8 Å². The number of hydrogen-bond donors (Lipinski definition) is 1. The van der Waals surface area contributed by atoms with Crippen molar-refractivity contribution in [3.8, 4) is 0 Å². The Balaban J connectivity index is 2.81. The van der Waals surface area contributed by atoms with Crippen LogP contribution >= 0.6 is 0 Å². The maximum atomic E-state index is 13.4. The summed E-state index contributed by atoms with van der Waals surface area (Å²) in [6.45, 7) is 9.96. The topological polar surface area (TPSA) is 29.3 Å². The highest BCUT2D eigenvalue weighted by atomic mass is 19.1. The SMILES string of the molecule is CC(N(C)Cc1cc(F)cc(CN)c1)C(C)(C)C. The van der Waals surface area contributed by atoms with Gasteiger partial charge in [-0.25, -0.2) is 4.39 Å². The van der Waals surface area contributed by atoms with Gasteiger partial charge in [0.1, 0.15) is 5.82 Å². The number of rotatable bonds is 4. The monoisotopic (exact) mass is 252 g/mol. The minimum Gasteiger partial charge on any atom is -0.326 e. The van der Waals surface area contributed by atoms with Crippen LogP contribution in [0, 0.1) is 11.2 Å². The molecule has 0 aliphatic rings. The van der Waals surface area contributed by atoms with Gasteiger partial charge in [-0.15, -0.1) is 0 Å². The Kier molecular flexibility index (Phi) is 4.88. The van der Waals surface area contributed by atoms with E-state index in [-0.39, 0.29) is 11.2 Å². The van der Waals surface area contributed by atoms with E-state index < -0.39 is 0 Å². The van der Waals surface area contributed by atoms with Gasteiger partial charge in [0, 0.05) is 19.1 Å². The molecule has 0 fully saturated rings. The molecular weight excluding hydrogens is 227 g/mol. The molecule has 2 nitrogen and oxygen atoms in total. The molecule has 0 aliphatic heterocycles. The molecular formula is C15H25FN2. The average molecular weight is 252 g/mol. The largest absolute Gasteiger partial charge is 0.326 e. The highest BCUT2D eigenvalue weighted by molar-refractivity contribution is 5.24. The molecule has 102 valence electrons. The summed E-state index contributed by atoms with van der Waals surface area (Å²) in [5.74, 6) is -0.204. The third-order valence-electron chi connectivity index (χ3n) is 3.60. The van der Waals surface area contributed by atoms with Crippen LogP contribution in [0.25, 0.3) is 0 Å². The summed E-state index contributed by atoms with van der Waals surface area (Å²) in [5.41, 5.74) is 7.60. The summed E-state index contributed by atoms with van der Waals surface area (Å²) in [5, 5.41) is 0. The Hall–Kier alpha value is -0.930. The maximum absolute atomic E-state index is 13.4. The maximum Gasteiger partial charge on any atom is 0.123 e. The zero-order chi connectivity index (χ0) is 13.9. The van der Waals surface area contributed by atoms with Crippen LogP contribution in [-0.2, 0) is 13.1 Å². The van der Waals surface area contributed by atoms with E-state index in [9.17, 15) is 4.39 Å². The fourth-order valence-electron chi connectivity index (χ4n) is 2.01.